The SMILES string of the molecule is COc1cccc(CCC(=O)Nc2n[nH]c(C)c2-c2cccc(C)c2)c1. The molecular formula is C21H23N3O2. The lowest BCUT2D eigenvalue weighted by atomic mass is 10.0. The molecule has 5 nitrogen and oxygen atoms in total. The van der Waals surface area contributed by atoms with Crippen LogP contribution < -0.4 is 10.1 Å². The Bertz CT molecular complexity index is 915. The van der Waals surface area contributed by atoms with Gasteiger partial charge in [0.25, 0.3) is 0 Å². The second-order valence-corrected chi connectivity index (χ2v) is 6.34. The van der Waals surface area contributed by atoms with Crippen LogP contribution in [0.4, 0.5) is 5.82 Å². The molecular weight excluding hydrogens is 326 g/mol. The minimum Gasteiger partial charge on any atom is -0.497 e. The number of nitrogens with zero attached hydrogens (tertiary/aromatic N) is 1. The van der Waals surface area contributed by atoms with Crippen molar-refractivity contribution in [3.05, 3.63) is 65.4 Å². The molecule has 2 N–H and O–H groups in total. The molecule has 0 atom stereocenters. The number of aryl methyl sites for hydroxylation is 3. The number of nitrogens with one attached hydrogen (secondary N) is 2. The molecule has 3 rings (SSSR count). The van der Waals surface area contributed by atoms with E-state index in [9.17, 15) is 4.79 Å². The summed E-state index contributed by atoms with van der Waals surface area (Å²) in [6.07, 6.45) is 1.03. The Kier molecular flexibility index (Phi) is 5.37. The summed E-state index contributed by atoms with van der Waals surface area (Å²) in [6, 6.07) is 15.9. The fraction of sp³-hybridized carbons (Fsp3) is 0.238. The number of hydrogen-bond donors (Lipinski definition) is 2. The molecule has 134 valence electrons. The number of H-pyrrole nitrogens is 1. The zero-order valence-electron chi connectivity index (χ0n) is 15.3. The molecule has 0 radical (unpaired) electrons. The largest absolute Gasteiger partial charge is 0.497 e. The Morgan fingerprint density at radius 1 is 1.15 bits per heavy atom. The lowest BCUT2D eigenvalue weighted by Crippen LogP contribution is -2.13. The van der Waals surface area contributed by atoms with Gasteiger partial charge < -0.3 is 10.1 Å². The molecule has 26 heavy (non-hydrogen) atoms. The Morgan fingerprint density at radius 3 is 2.73 bits per heavy atom. The van der Waals surface area contributed by atoms with E-state index in [2.05, 4.69) is 21.6 Å². The van der Waals surface area contributed by atoms with Crippen molar-refractivity contribution in [2.24, 2.45) is 0 Å². The van der Waals surface area contributed by atoms with Gasteiger partial charge in [-0.2, -0.15) is 5.10 Å². The van der Waals surface area contributed by atoms with Gasteiger partial charge in [0.1, 0.15) is 5.75 Å². The number of benzene rings is 2. The van der Waals surface area contributed by atoms with E-state index < -0.39 is 0 Å². The Labute approximate surface area is 153 Å². The number of hydrogen-bond acceptors (Lipinski definition) is 3. The van der Waals surface area contributed by atoms with Crippen molar-refractivity contribution in [3.8, 4) is 16.9 Å². The maximum atomic E-state index is 12.4. The van der Waals surface area contributed by atoms with Crippen molar-refractivity contribution in [1.29, 1.82) is 0 Å². The van der Waals surface area contributed by atoms with Crippen LogP contribution in [0.2, 0.25) is 0 Å². The molecule has 5 heteroatoms. The number of carbonyl (C=O) groups excluding carboxylic acids is 1. The first-order valence-electron chi connectivity index (χ1n) is 8.61. The lowest BCUT2D eigenvalue weighted by molar-refractivity contribution is -0.116. The standard InChI is InChI=1S/C21H23N3O2/c1-14-6-4-8-17(12-14)20-15(2)23-24-21(20)22-19(25)11-10-16-7-5-9-18(13-16)26-3/h4-9,12-13H,10-11H2,1-3H3,(H2,22,23,24,25). The van der Waals surface area contributed by atoms with Crippen LogP contribution in [-0.4, -0.2) is 23.2 Å². The molecule has 0 aliphatic rings. The van der Waals surface area contributed by atoms with E-state index in [1.807, 2.05) is 56.3 Å². The summed E-state index contributed by atoms with van der Waals surface area (Å²) in [5, 5.41) is 10.2. The third-order valence-corrected chi connectivity index (χ3v) is 4.29. The van der Waals surface area contributed by atoms with Crippen LogP contribution in [0, 0.1) is 13.8 Å². The van der Waals surface area contributed by atoms with Gasteiger partial charge in [-0.1, -0.05) is 42.0 Å². The quantitative estimate of drug-likeness (QED) is 0.698. The first-order chi connectivity index (χ1) is 12.6. The molecule has 0 fully saturated rings. The number of amides is 1. The first-order valence-corrected chi connectivity index (χ1v) is 8.61. The lowest BCUT2D eigenvalue weighted by Gasteiger charge is -2.08. The Morgan fingerprint density at radius 2 is 1.96 bits per heavy atom. The van der Waals surface area contributed by atoms with E-state index in [1.54, 1.807) is 7.11 Å². The number of aromatic nitrogens is 2. The summed E-state index contributed by atoms with van der Waals surface area (Å²) in [4.78, 5) is 12.4. The van der Waals surface area contributed by atoms with Crippen molar-refractivity contribution in [2.75, 3.05) is 12.4 Å². The minimum absolute atomic E-state index is 0.0618. The average molecular weight is 349 g/mol. The van der Waals surface area contributed by atoms with Gasteiger partial charge in [0.05, 0.1) is 7.11 Å². The molecule has 0 aliphatic heterocycles. The maximum Gasteiger partial charge on any atom is 0.225 e. The van der Waals surface area contributed by atoms with E-state index in [0.717, 1.165) is 28.1 Å². The van der Waals surface area contributed by atoms with E-state index in [4.69, 9.17) is 4.74 Å². The van der Waals surface area contributed by atoms with Crippen LogP contribution in [0.5, 0.6) is 5.75 Å². The monoisotopic (exact) mass is 349 g/mol. The van der Waals surface area contributed by atoms with Crippen LogP contribution in [-0.2, 0) is 11.2 Å². The fourth-order valence-corrected chi connectivity index (χ4v) is 2.95. The molecule has 1 amide bonds. The van der Waals surface area contributed by atoms with Gasteiger partial charge in [-0.3, -0.25) is 9.89 Å². The molecule has 1 aromatic heterocycles. The van der Waals surface area contributed by atoms with Gasteiger partial charge in [-0.15, -0.1) is 0 Å². The Balaban J connectivity index is 1.70. The highest BCUT2D eigenvalue weighted by atomic mass is 16.5. The van der Waals surface area contributed by atoms with Crippen molar-refractivity contribution >= 4 is 11.7 Å². The van der Waals surface area contributed by atoms with E-state index in [0.29, 0.717) is 18.7 Å². The van der Waals surface area contributed by atoms with Crippen molar-refractivity contribution in [2.45, 2.75) is 26.7 Å². The van der Waals surface area contributed by atoms with E-state index >= 15 is 0 Å². The normalized spacial score (nSPS) is 10.6. The van der Waals surface area contributed by atoms with Crippen molar-refractivity contribution in [3.63, 3.8) is 0 Å². The van der Waals surface area contributed by atoms with Gasteiger partial charge in [0.15, 0.2) is 5.82 Å². The number of ether oxygens (including phenoxy) is 1. The minimum atomic E-state index is -0.0618. The van der Waals surface area contributed by atoms with Crippen LogP contribution >= 0.6 is 0 Å². The molecule has 1 heterocycles. The zero-order valence-corrected chi connectivity index (χ0v) is 15.3. The smallest absolute Gasteiger partial charge is 0.225 e. The summed E-state index contributed by atoms with van der Waals surface area (Å²) >= 11 is 0. The van der Waals surface area contributed by atoms with Crippen molar-refractivity contribution < 1.29 is 9.53 Å². The molecule has 0 aliphatic carbocycles. The number of rotatable bonds is 6. The molecule has 3 aromatic rings. The third kappa shape index (κ3) is 4.11. The third-order valence-electron chi connectivity index (χ3n) is 4.29. The van der Waals surface area contributed by atoms with Crippen LogP contribution in [0.25, 0.3) is 11.1 Å². The highest BCUT2D eigenvalue weighted by molar-refractivity contribution is 5.94. The topological polar surface area (TPSA) is 67.0 Å². The first kappa shape index (κ1) is 17.7. The number of carbonyl (C=O) groups is 1. The van der Waals surface area contributed by atoms with Gasteiger partial charge in [-0.25, -0.2) is 0 Å². The zero-order chi connectivity index (χ0) is 18.5. The summed E-state index contributed by atoms with van der Waals surface area (Å²) in [6.45, 7) is 4.00. The van der Waals surface area contributed by atoms with E-state index in [1.165, 1.54) is 5.56 Å². The highest BCUT2D eigenvalue weighted by Gasteiger charge is 2.15. The van der Waals surface area contributed by atoms with E-state index in [-0.39, 0.29) is 5.91 Å². The van der Waals surface area contributed by atoms with Crippen LogP contribution in [0.15, 0.2) is 48.5 Å². The predicted molar refractivity (Wildman–Crippen MR) is 103 cm³/mol. The molecule has 0 bridgehead atoms. The van der Waals surface area contributed by atoms with Crippen LogP contribution in [0.1, 0.15) is 23.2 Å². The summed E-state index contributed by atoms with van der Waals surface area (Å²) in [5.74, 6) is 1.31. The fourth-order valence-electron chi connectivity index (χ4n) is 2.95. The molecule has 0 saturated carbocycles. The van der Waals surface area contributed by atoms with Crippen LogP contribution in [0.3, 0.4) is 0 Å². The molecule has 0 saturated heterocycles. The van der Waals surface area contributed by atoms with Gasteiger partial charge in [0, 0.05) is 17.7 Å². The predicted octanol–water partition coefficient (Wildman–Crippen LogP) is 4.27. The second-order valence-electron chi connectivity index (χ2n) is 6.34. The number of methoxy groups -OCH3 is 1. The molecule has 0 unspecified atom stereocenters. The molecule has 2 aromatic carbocycles. The summed E-state index contributed by atoms with van der Waals surface area (Å²) in [5.41, 5.74) is 5.14. The molecule has 0 spiro atoms. The summed E-state index contributed by atoms with van der Waals surface area (Å²) in [7, 11) is 1.64. The summed E-state index contributed by atoms with van der Waals surface area (Å²) < 4.78 is 5.22. The van der Waals surface area contributed by atoms with Gasteiger partial charge in [0.2, 0.25) is 5.91 Å². The van der Waals surface area contributed by atoms with Gasteiger partial charge in [-0.05, 0) is 43.5 Å². The number of aromatic amines is 1. The average Bonchev–Trinajstić information content (AvgIpc) is 3.00. The highest BCUT2D eigenvalue weighted by Crippen LogP contribution is 2.30. The second kappa shape index (κ2) is 7.87. The number of anilines is 1. The van der Waals surface area contributed by atoms with Crippen molar-refractivity contribution in [1.82, 2.24) is 10.2 Å². The van der Waals surface area contributed by atoms with Gasteiger partial charge >= 0.3 is 0 Å². The Hall–Kier alpha value is -3.08. The maximum absolute atomic E-state index is 12.4.